The Bertz CT molecular complexity index is 910. The number of thiazole rings is 1. The Kier molecular flexibility index (Phi) is 4.27. The summed E-state index contributed by atoms with van der Waals surface area (Å²) in [6.45, 7) is 0.472. The van der Waals surface area contributed by atoms with Gasteiger partial charge < -0.3 is 10.2 Å². The molecule has 2 amide bonds. The molecule has 1 saturated carbocycles. The van der Waals surface area contributed by atoms with Crippen LogP contribution in [0.2, 0.25) is 0 Å². The molecule has 7 heteroatoms. The van der Waals surface area contributed by atoms with E-state index >= 15 is 0 Å². The van der Waals surface area contributed by atoms with Gasteiger partial charge in [0.1, 0.15) is 5.01 Å². The first-order chi connectivity index (χ1) is 12.1. The molecule has 2 aromatic heterocycles. The number of amides is 2. The van der Waals surface area contributed by atoms with Gasteiger partial charge in [0.15, 0.2) is 0 Å². The molecule has 5 nitrogen and oxygen atoms in total. The number of carbonyl (C=O) groups is 2. The number of fused-ring (bicyclic) bond motifs is 1. The Morgan fingerprint density at radius 2 is 2.00 bits per heavy atom. The van der Waals surface area contributed by atoms with Crippen molar-refractivity contribution in [2.75, 3.05) is 12.4 Å². The smallest absolute Gasteiger partial charge is 0.264 e. The molecule has 2 heterocycles. The second-order valence-electron chi connectivity index (χ2n) is 6.16. The maximum Gasteiger partial charge on any atom is 0.264 e. The first-order valence-electron chi connectivity index (χ1n) is 8.11. The maximum atomic E-state index is 12.6. The van der Waals surface area contributed by atoms with Crippen molar-refractivity contribution in [1.82, 2.24) is 9.88 Å². The van der Waals surface area contributed by atoms with E-state index in [0.717, 1.165) is 33.1 Å². The van der Waals surface area contributed by atoms with E-state index in [-0.39, 0.29) is 17.7 Å². The monoisotopic (exact) mass is 371 g/mol. The van der Waals surface area contributed by atoms with Crippen LogP contribution < -0.4 is 5.32 Å². The van der Waals surface area contributed by atoms with Crippen molar-refractivity contribution in [1.29, 1.82) is 0 Å². The third kappa shape index (κ3) is 3.57. The van der Waals surface area contributed by atoms with Crippen molar-refractivity contribution in [3.05, 3.63) is 46.3 Å². The van der Waals surface area contributed by atoms with Gasteiger partial charge in [0, 0.05) is 13.0 Å². The summed E-state index contributed by atoms with van der Waals surface area (Å²) in [5.74, 6) is 0.155. The fraction of sp³-hybridized carbons (Fsp3) is 0.278. The van der Waals surface area contributed by atoms with Crippen LogP contribution in [-0.4, -0.2) is 28.7 Å². The van der Waals surface area contributed by atoms with Gasteiger partial charge in [-0.25, -0.2) is 4.98 Å². The Morgan fingerprint density at radius 3 is 2.76 bits per heavy atom. The van der Waals surface area contributed by atoms with Gasteiger partial charge in [0.2, 0.25) is 5.91 Å². The first kappa shape index (κ1) is 16.2. The summed E-state index contributed by atoms with van der Waals surface area (Å²) in [4.78, 5) is 31.3. The van der Waals surface area contributed by atoms with Crippen LogP contribution in [0.3, 0.4) is 0 Å². The average Bonchev–Trinajstić information content (AvgIpc) is 3.23. The number of hydrogen-bond donors (Lipinski definition) is 1. The van der Waals surface area contributed by atoms with E-state index in [4.69, 9.17) is 0 Å². The molecule has 1 aliphatic carbocycles. The highest BCUT2D eigenvalue weighted by atomic mass is 32.1. The van der Waals surface area contributed by atoms with Crippen LogP contribution in [-0.2, 0) is 11.3 Å². The van der Waals surface area contributed by atoms with E-state index < -0.39 is 0 Å². The molecule has 1 fully saturated rings. The molecular weight excluding hydrogens is 354 g/mol. The van der Waals surface area contributed by atoms with Crippen molar-refractivity contribution in [3.8, 4) is 0 Å². The number of anilines is 1. The highest BCUT2D eigenvalue weighted by Gasteiger charge is 2.30. The second-order valence-corrected chi connectivity index (χ2v) is 8.36. The molecule has 1 N–H and O–H groups in total. The van der Waals surface area contributed by atoms with Gasteiger partial charge in [-0.05, 0) is 37.1 Å². The van der Waals surface area contributed by atoms with Gasteiger partial charge in [0.05, 0.1) is 26.6 Å². The minimum Gasteiger partial charge on any atom is -0.334 e. The van der Waals surface area contributed by atoms with E-state index in [1.807, 2.05) is 24.3 Å². The standard InChI is InChI=1S/C18H17N3O2S2/c1-21(10-16-19-12-4-2-3-5-13(12)24-16)18(23)14-8-9-15(25-14)20-17(22)11-6-7-11/h2-5,8-9,11H,6-7,10H2,1H3,(H,20,22). The van der Waals surface area contributed by atoms with Crippen molar-refractivity contribution in [2.45, 2.75) is 19.4 Å². The lowest BCUT2D eigenvalue weighted by Crippen LogP contribution is -2.25. The molecule has 128 valence electrons. The molecule has 0 atom stereocenters. The van der Waals surface area contributed by atoms with Crippen LogP contribution in [0.5, 0.6) is 0 Å². The number of para-hydroxylation sites is 1. The zero-order chi connectivity index (χ0) is 17.4. The average molecular weight is 371 g/mol. The highest BCUT2D eigenvalue weighted by molar-refractivity contribution is 7.18. The Balaban J connectivity index is 1.42. The van der Waals surface area contributed by atoms with E-state index in [1.54, 1.807) is 35.4 Å². The summed E-state index contributed by atoms with van der Waals surface area (Å²) in [5.41, 5.74) is 0.963. The quantitative estimate of drug-likeness (QED) is 0.738. The summed E-state index contributed by atoms with van der Waals surface area (Å²) < 4.78 is 1.12. The molecular formula is C18H17N3O2S2. The lowest BCUT2D eigenvalue weighted by molar-refractivity contribution is -0.117. The van der Waals surface area contributed by atoms with Crippen LogP contribution in [0.15, 0.2) is 36.4 Å². The number of rotatable bonds is 5. The summed E-state index contributed by atoms with van der Waals surface area (Å²) in [5, 5.41) is 4.53. The molecule has 25 heavy (non-hydrogen) atoms. The van der Waals surface area contributed by atoms with E-state index in [2.05, 4.69) is 10.3 Å². The molecule has 0 aliphatic heterocycles. The largest absolute Gasteiger partial charge is 0.334 e. The Labute approximate surface area is 153 Å². The zero-order valence-electron chi connectivity index (χ0n) is 13.7. The van der Waals surface area contributed by atoms with Gasteiger partial charge in [-0.1, -0.05) is 12.1 Å². The number of aromatic nitrogens is 1. The third-order valence-electron chi connectivity index (χ3n) is 4.07. The summed E-state index contributed by atoms with van der Waals surface area (Å²) in [6.07, 6.45) is 1.93. The van der Waals surface area contributed by atoms with Gasteiger partial charge in [-0.2, -0.15) is 0 Å². The van der Waals surface area contributed by atoms with Crippen molar-refractivity contribution < 1.29 is 9.59 Å². The molecule has 0 saturated heterocycles. The van der Waals surface area contributed by atoms with Crippen LogP contribution >= 0.6 is 22.7 Å². The molecule has 4 rings (SSSR count). The fourth-order valence-corrected chi connectivity index (χ4v) is 4.46. The summed E-state index contributed by atoms with van der Waals surface area (Å²) >= 11 is 2.92. The molecule has 1 aromatic carbocycles. The van der Waals surface area contributed by atoms with Crippen molar-refractivity contribution in [2.24, 2.45) is 5.92 Å². The van der Waals surface area contributed by atoms with Crippen LogP contribution in [0, 0.1) is 5.92 Å². The zero-order valence-corrected chi connectivity index (χ0v) is 15.3. The second kappa shape index (κ2) is 6.57. The highest BCUT2D eigenvalue weighted by Crippen LogP contribution is 2.32. The predicted molar refractivity (Wildman–Crippen MR) is 101 cm³/mol. The maximum absolute atomic E-state index is 12.6. The van der Waals surface area contributed by atoms with E-state index in [0.29, 0.717) is 11.4 Å². The normalized spacial score (nSPS) is 13.8. The molecule has 0 bridgehead atoms. The summed E-state index contributed by atoms with van der Waals surface area (Å²) in [7, 11) is 1.77. The number of nitrogens with zero attached hydrogens (tertiary/aromatic N) is 2. The molecule has 1 aliphatic rings. The van der Waals surface area contributed by atoms with Gasteiger partial charge in [-0.15, -0.1) is 22.7 Å². The summed E-state index contributed by atoms with van der Waals surface area (Å²) in [6, 6.07) is 11.5. The topological polar surface area (TPSA) is 62.3 Å². The SMILES string of the molecule is CN(Cc1nc2ccccc2s1)C(=O)c1ccc(NC(=O)C2CC2)s1. The number of benzene rings is 1. The van der Waals surface area contributed by atoms with Crippen LogP contribution in [0.1, 0.15) is 27.5 Å². The molecule has 3 aromatic rings. The van der Waals surface area contributed by atoms with Gasteiger partial charge in [-0.3, -0.25) is 9.59 Å². The van der Waals surface area contributed by atoms with Gasteiger partial charge in [0.25, 0.3) is 5.91 Å². The van der Waals surface area contributed by atoms with Crippen molar-refractivity contribution >= 4 is 49.7 Å². The molecule has 0 radical (unpaired) electrons. The molecule has 0 spiro atoms. The number of thiophene rings is 1. The number of carbonyl (C=O) groups excluding carboxylic acids is 2. The van der Waals surface area contributed by atoms with Crippen LogP contribution in [0.4, 0.5) is 5.00 Å². The number of nitrogens with one attached hydrogen (secondary N) is 1. The third-order valence-corrected chi connectivity index (χ3v) is 6.08. The Hall–Kier alpha value is -2.25. The fourth-order valence-electron chi connectivity index (χ4n) is 2.54. The van der Waals surface area contributed by atoms with Gasteiger partial charge >= 0.3 is 0 Å². The van der Waals surface area contributed by atoms with E-state index in [9.17, 15) is 9.59 Å². The lowest BCUT2D eigenvalue weighted by atomic mass is 10.3. The minimum absolute atomic E-state index is 0.0590. The van der Waals surface area contributed by atoms with Crippen LogP contribution in [0.25, 0.3) is 10.2 Å². The van der Waals surface area contributed by atoms with Crippen molar-refractivity contribution in [3.63, 3.8) is 0 Å². The van der Waals surface area contributed by atoms with E-state index in [1.165, 1.54) is 11.3 Å². The molecule has 0 unspecified atom stereocenters. The number of hydrogen-bond acceptors (Lipinski definition) is 5. The minimum atomic E-state index is -0.0591. The first-order valence-corrected chi connectivity index (χ1v) is 9.74. The lowest BCUT2D eigenvalue weighted by Gasteiger charge is -2.14. The Morgan fingerprint density at radius 1 is 1.20 bits per heavy atom. The predicted octanol–water partition coefficient (Wildman–Crippen LogP) is 3.98.